The van der Waals surface area contributed by atoms with Gasteiger partial charge in [-0.2, -0.15) is 0 Å². The van der Waals surface area contributed by atoms with Crippen LogP contribution in [0.15, 0.2) is 0 Å². The van der Waals surface area contributed by atoms with Crippen molar-refractivity contribution in [2.24, 2.45) is 5.92 Å². The van der Waals surface area contributed by atoms with Crippen molar-refractivity contribution >= 4 is 5.97 Å². The van der Waals surface area contributed by atoms with Crippen molar-refractivity contribution in [3.8, 4) is 0 Å². The molecule has 3 nitrogen and oxygen atoms in total. The molecule has 3 heteroatoms. The number of methoxy groups -OCH3 is 1. The van der Waals surface area contributed by atoms with Crippen LogP contribution in [0.4, 0.5) is 0 Å². The minimum Gasteiger partial charge on any atom is -0.469 e. The summed E-state index contributed by atoms with van der Waals surface area (Å²) in [7, 11) is 1.38. The molecular formula is C9H16O3. The van der Waals surface area contributed by atoms with Gasteiger partial charge in [0.25, 0.3) is 0 Å². The third-order valence-electron chi connectivity index (χ3n) is 2.76. The molecule has 0 aromatic carbocycles. The average molecular weight is 172 g/mol. The van der Waals surface area contributed by atoms with Gasteiger partial charge in [-0.1, -0.05) is 6.42 Å². The molecule has 1 rings (SSSR count). The molecule has 0 spiro atoms. The van der Waals surface area contributed by atoms with Gasteiger partial charge in [-0.05, 0) is 25.7 Å². The van der Waals surface area contributed by atoms with E-state index >= 15 is 0 Å². The molecule has 1 saturated carbocycles. The maximum Gasteiger partial charge on any atom is 0.305 e. The summed E-state index contributed by atoms with van der Waals surface area (Å²) in [5, 5.41) is 9.79. The number of esters is 1. The van der Waals surface area contributed by atoms with Crippen LogP contribution in [0.5, 0.6) is 0 Å². The molecule has 12 heavy (non-hydrogen) atoms. The summed E-state index contributed by atoms with van der Waals surface area (Å²) < 4.78 is 4.56. The fraction of sp³-hybridized carbons (Fsp3) is 0.889. The zero-order valence-electron chi connectivity index (χ0n) is 7.67. The highest BCUT2D eigenvalue weighted by Gasteiger charge is 2.37. The van der Waals surface area contributed by atoms with Crippen molar-refractivity contribution in [2.45, 2.75) is 38.2 Å². The average Bonchev–Trinajstić information content (AvgIpc) is 2.31. The Morgan fingerprint density at radius 2 is 2.42 bits per heavy atom. The number of hydrogen-bond acceptors (Lipinski definition) is 3. The van der Waals surface area contributed by atoms with Gasteiger partial charge in [0.1, 0.15) is 0 Å². The van der Waals surface area contributed by atoms with Gasteiger partial charge in [0, 0.05) is 0 Å². The molecule has 1 aliphatic carbocycles. The molecule has 0 saturated heterocycles. The molecular weight excluding hydrogens is 156 g/mol. The zero-order valence-corrected chi connectivity index (χ0v) is 7.67. The van der Waals surface area contributed by atoms with Crippen LogP contribution < -0.4 is 0 Å². The van der Waals surface area contributed by atoms with Crippen molar-refractivity contribution < 1.29 is 14.6 Å². The van der Waals surface area contributed by atoms with Gasteiger partial charge in [0.15, 0.2) is 0 Å². The molecule has 0 aromatic heterocycles. The summed E-state index contributed by atoms with van der Waals surface area (Å²) in [6.45, 7) is 1.80. The lowest BCUT2D eigenvalue weighted by molar-refractivity contribution is -0.143. The molecule has 0 aliphatic heterocycles. The smallest absolute Gasteiger partial charge is 0.305 e. The fourth-order valence-corrected chi connectivity index (χ4v) is 1.83. The second-order valence-corrected chi connectivity index (χ2v) is 3.73. The van der Waals surface area contributed by atoms with Crippen molar-refractivity contribution in [1.29, 1.82) is 0 Å². The minimum absolute atomic E-state index is 0.0879. The molecule has 0 aromatic rings. The monoisotopic (exact) mass is 172 g/mol. The van der Waals surface area contributed by atoms with Crippen molar-refractivity contribution in [3.05, 3.63) is 0 Å². The molecule has 0 unspecified atom stereocenters. The highest BCUT2D eigenvalue weighted by molar-refractivity contribution is 5.69. The Balaban J connectivity index is 2.47. The van der Waals surface area contributed by atoms with Crippen LogP contribution in [0, 0.1) is 5.92 Å². The van der Waals surface area contributed by atoms with Crippen LogP contribution in [0.1, 0.15) is 32.6 Å². The molecule has 1 fully saturated rings. The van der Waals surface area contributed by atoms with E-state index in [0.29, 0.717) is 6.42 Å². The fourth-order valence-electron chi connectivity index (χ4n) is 1.83. The van der Waals surface area contributed by atoms with E-state index in [1.807, 2.05) is 0 Å². The van der Waals surface area contributed by atoms with E-state index in [9.17, 15) is 9.90 Å². The topological polar surface area (TPSA) is 46.5 Å². The van der Waals surface area contributed by atoms with Crippen LogP contribution in [0.25, 0.3) is 0 Å². The largest absolute Gasteiger partial charge is 0.469 e. The Hall–Kier alpha value is -0.570. The maximum atomic E-state index is 10.9. The summed E-state index contributed by atoms with van der Waals surface area (Å²) in [6.07, 6.45) is 3.09. The predicted molar refractivity (Wildman–Crippen MR) is 44.6 cm³/mol. The first-order chi connectivity index (χ1) is 5.56. The van der Waals surface area contributed by atoms with Crippen LogP contribution in [-0.2, 0) is 9.53 Å². The Morgan fingerprint density at radius 1 is 1.75 bits per heavy atom. The van der Waals surface area contributed by atoms with E-state index in [4.69, 9.17) is 0 Å². The lowest BCUT2D eigenvalue weighted by atomic mass is 9.90. The van der Waals surface area contributed by atoms with Crippen LogP contribution in [-0.4, -0.2) is 23.8 Å². The first-order valence-electron chi connectivity index (χ1n) is 4.35. The zero-order chi connectivity index (χ0) is 9.19. The van der Waals surface area contributed by atoms with Crippen LogP contribution >= 0.6 is 0 Å². The van der Waals surface area contributed by atoms with Gasteiger partial charge in [0.05, 0.1) is 19.1 Å². The van der Waals surface area contributed by atoms with Gasteiger partial charge < -0.3 is 9.84 Å². The third-order valence-corrected chi connectivity index (χ3v) is 2.76. The summed E-state index contributed by atoms with van der Waals surface area (Å²) >= 11 is 0. The lowest BCUT2D eigenvalue weighted by Crippen LogP contribution is -2.30. The van der Waals surface area contributed by atoms with E-state index in [1.54, 1.807) is 6.92 Å². The number of carbonyl (C=O) groups is 1. The second kappa shape index (κ2) is 3.44. The molecule has 0 radical (unpaired) electrons. The normalized spacial score (nSPS) is 35.1. The van der Waals surface area contributed by atoms with Crippen molar-refractivity contribution in [2.75, 3.05) is 7.11 Å². The molecule has 0 heterocycles. The third kappa shape index (κ3) is 1.97. The highest BCUT2D eigenvalue weighted by atomic mass is 16.5. The number of ether oxygens (including phenoxy) is 1. The minimum atomic E-state index is -0.659. The van der Waals surface area contributed by atoms with E-state index in [1.165, 1.54) is 7.11 Å². The maximum absolute atomic E-state index is 10.9. The molecule has 1 aliphatic rings. The standard InChI is InChI=1S/C9H16O3/c1-9(11)5-3-4-7(9)6-8(10)12-2/h7,11H,3-6H2,1-2H3/t7-,9+/m0/s1. The summed E-state index contributed by atoms with van der Waals surface area (Å²) in [6, 6.07) is 0. The quantitative estimate of drug-likeness (QED) is 0.634. The van der Waals surface area contributed by atoms with Crippen LogP contribution in [0.2, 0.25) is 0 Å². The highest BCUT2D eigenvalue weighted by Crippen LogP contribution is 2.37. The number of rotatable bonds is 2. The van der Waals surface area contributed by atoms with Gasteiger partial charge in [0.2, 0.25) is 0 Å². The van der Waals surface area contributed by atoms with Gasteiger partial charge >= 0.3 is 5.97 Å². The Bertz CT molecular complexity index is 175. The second-order valence-electron chi connectivity index (χ2n) is 3.73. The molecule has 2 atom stereocenters. The van der Waals surface area contributed by atoms with E-state index in [2.05, 4.69) is 4.74 Å². The Labute approximate surface area is 72.7 Å². The van der Waals surface area contributed by atoms with Crippen LogP contribution in [0.3, 0.4) is 0 Å². The predicted octanol–water partition coefficient (Wildman–Crippen LogP) is 1.10. The number of hydrogen-bond donors (Lipinski definition) is 1. The van der Waals surface area contributed by atoms with Gasteiger partial charge in [-0.25, -0.2) is 0 Å². The lowest BCUT2D eigenvalue weighted by Gasteiger charge is -2.24. The Kier molecular flexibility index (Phi) is 2.73. The number of aliphatic hydroxyl groups is 1. The van der Waals surface area contributed by atoms with Crippen molar-refractivity contribution in [3.63, 3.8) is 0 Å². The van der Waals surface area contributed by atoms with Gasteiger partial charge in [-0.15, -0.1) is 0 Å². The van der Waals surface area contributed by atoms with E-state index < -0.39 is 5.60 Å². The first kappa shape index (κ1) is 9.52. The molecule has 1 N–H and O–H groups in total. The summed E-state index contributed by atoms with van der Waals surface area (Å²) in [4.78, 5) is 10.9. The van der Waals surface area contributed by atoms with E-state index in [-0.39, 0.29) is 11.9 Å². The summed E-state index contributed by atoms with van der Waals surface area (Å²) in [5.74, 6) is -0.132. The Morgan fingerprint density at radius 3 is 2.83 bits per heavy atom. The first-order valence-corrected chi connectivity index (χ1v) is 4.35. The summed E-state index contributed by atoms with van der Waals surface area (Å²) in [5.41, 5.74) is -0.659. The molecule has 70 valence electrons. The SMILES string of the molecule is COC(=O)C[C@@H]1CCC[C@@]1(C)O. The number of carbonyl (C=O) groups excluding carboxylic acids is 1. The van der Waals surface area contributed by atoms with E-state index in [0.717, 1.165) is 19.3 Å². The van der Waals surface area contributed by atoms with Crippen molar-refractivity contribution in [1.82, 2.24) is 0 Å². The molecule has 0 amide bonds. The van der Waals surface area contributed by atoms with Gasteiger partial charge in [-0.3, -0.25) is 4.79 Å². The molecule has 0 bridgehead atoms.